The Balaban J connectivity index is 1.34. The van der Waals surface area contributed by atoms with Gasteiger partial charge in [0.1, 0.15) is 62.5 Å². The number of amides is 1. The smallest absolute Gasteiger partial charge is 0.279 e. The summed E-state index contributed by atoms with van der Waals surface area (Å²) in [5.41, 5.74) is 0.00995. The number of methoxy groups -OCH3 is 1. The Kier molecular flexibility index (Phi) is 7.37. The number of quaternary nitrogens is 2. The Labute approximate surface area is 169 Å². The number of anilines is 1. The van der Waals surface area contributed by atoms with Crippen LogP contribution in [0.4, 0.5) is 14.5 Å². The maximum atomic E-state index is 13.6. The highest BCUT2D eigenvalue weighted by molar-refractivity contribution is 5.91. The Hall–Kier alpha value is -2.71. The topological polar surface area (TPSA) is 56.4 Å². The lowest BCUT2D eigenvalue weighted by atomic mass is 10.2. The molecule has 1 amide bonds. The molecule has 0 unspecified atom stereocenters. The second-order valence-corrected chi connectivity index (χ2v) is 7.12. The first-order valence-electron chi connectivity index (χ1n) is 9.72. The van der Waals surface area contributed by atoms with Gasteiger partial charge in [-0.3, -0.25) is 4.79 Å². The maximum Gasteiger partial charge on any atom is 0.279 e. The van der Waals surface area contributed by atoms with Crippen molar-refractivity contribution in [3.8, 4) is 11.5 Å². The monoisotopic (exact) mass is 407 g/mol. The molecule has 2 aromatic carbocycles. The average Bonchev–Trinajstić information content (AvgIpc) is 2.72. The van der Waals surface area contributed by atoms with Gasteiger partial charge in [0.05, 0.1) is 12.8 Å². The van der Waals surface area contributed by atoms with Crippen LogP contribution in [-0.2, 0) is 4.79 Å². The van der Waals surface area contributed by atoms with E-state index < -0.39 is 11.6 Å². The van der Waals surface area contributed by atoms with E-state index in [1.165, 1.54) is 11.0 Å². The normalized spacial score (nSPS) is 18.9. The van der Waals surface area contributed by atoms with Crippen molar-refractivity contribution in [1.29, 1.82) is 0 Å². The van der Waals surface area contributed by atoms with E-state index in [1.807, 2.05) is 24.3 Å². The predicted molar refractivity (Wildman–Crippen MR) is 105 cm³/mol. The van der Waals surface area contributed by atoms with Gasteiger partial charge < -0.3 is 24.6 Å². The van der Waals surface area contributed by atoms with Crippen LogP contribution in [0.5, 0.6) is 11.5 Å². The molecule has 8 heteroatoms. The van der Waals surface area contributed by atoms with E-state index in [0.717, 1.165) is 61.3 Å². The third-order valence-corrected chi connectivity index (χ3v) is 5.06. The molecule has 3 rings (SSSR count). The fourth-order valence-corrected chi connectivity index (χ4v) is 3.38. The van der Waals surface area contributed by atoms with Gasteiger partial charge >= 0.3 is 0 Å². The number of halogens is 2. The minimum atomic E-state index is -0.764. The molecule has 2 aromatic rings. The molecular weight excluding hydrogens is 380 g/mol. The number of nitrogens with one attached hydrogen (secondary N) is 3. The molecule has 0 saturated carbocycles. The lowest BCUT2D eigenvalue weighted by Gasteiger charge is -2.29. The van der Waals surface area contributed by atoms with Crippen LogP contribution in [0.3, 0.4) is 0 Å². The lowest BCUT2D eigenvalue weighted by molar-refractivity contribution is -1.01. The summed E-state index contributed by atoms with van der Waals surface area (Å²) in [4.78, 5) is 14.7. The number of carbonyl (C=O) groups excluding carboxylic acids is 1. The molecule has 1 aliphatic heterocycles. The highest BCUT2D eigenvalue weighted by Gasteiger charge is 2.25. The van der Waals surface area contributed by atoms with Crippen LogP contribution < -0.4 is 24.6 Å². The Morgan fingerprint density at radius 1 is 1.00 bits per heavy atom. The lowest BCUT2D eigenvalue weighted by Crippen LogP contribution is -3.28. The number of benzene rings is 2. The molecule has 1 saturated heterocycles. The summed E-state index contributed by atoms with van der Waals surface area (Å²) < 4.78 is 37.5. The van der Waals surface area contributed by atoms with E-state index in [1.54, 1.807) is 7.11 Å². The summed E-state index contributed by atoms with van der Waals surface area (Å²) >= 11 is 0. The Morgan fingerprint density at radius 3 is 2.31 bits per heavy atom. The van der Waals surface area contributed by atoms with Crippen molar-refractivity contribution < 1.29 is 32.8 Å². The van der Waals surface area contributed by atoms with Crippen molar-refractivity contribution in [3.05, 3.63) is 54.1 Å². The van der Waals surface area contributed by atoms with Gasteiger partial charge in [0, 0.05) is 6.07 Å². The van der Waals surface area contributed by atoms with Gasteiger partial charge in [-0.05, 0) is 36.4 Å². The van der Waals surface area contributed by atoms with Crippen LogP contribution in [0.25, 0.3) is 0 Å². The summed E-state index contributed by atoms with van der Waals surface area (Å²) in [6, 6.07) is 10.6. The highest BCUT2D eigenvalue weighted by atomic mass is 19.1. The summed E-state index contributed by atoms with van der Waals surface area (Å²) in [5.74, 6) is -0.0788. The van der Waals surface area contributed by atoms with Crippen LogP contribution in [-0.4, -0.2) is 58.9 Å². The number of hydrogen-bond acceptors (Lipinski definition) is 3. The van der Waals surface area contributed by atoms with Crippen molar-refractivity contribution in [2.24, 2.45) is 0 Å². The number of ether oxygens (including phenoxy) is 2. The summed E-state index contributed by atoms with van der Waals surface area (Å²) in [5, 5.41) is 2.52. The second-order valence-electron chi connectivity index (χ2n) is 7.12. The van der Waals surface area contributed by atoms with E-state index >= 15 is 0 Å². The zero-order chi connectivity index (χ0) is 20.6. The zero-order valence-corrected chi connectivity index (χ0v) is 16.5. The molecular formula is C21H27F2N3O3+2. The van der Waals surface area contributed by atoms with Crippen LogP contribution in [0.1, 0.15) is 0 Å². The van der Waals surface area contributed by atoms with Gasteiger partial charge in [-0.1, -0.05) is 0 Å². The molecule has 0 radical (unpaired) electrons. The van der Waals surface area contributed by atoms with E-state index in [-0.39, 0.29) is 18.1 Å². The van der Waals surface area contributed by atoms with Gasteiger partial charge in [-0.2, -0.15) is 0 Å². The molecule has 6 nitrogen and oxygen atoms in total. The first kappa shape index (κ1) is 21.0. The van der Waals surface area contributed by atoms with Crippen LogP contribution in [0, 0.1) is 11.6 Å². The summed E-state index contributed by atoms with van der Waals surface area (Å²) in [6.07, 6.45) is 0. The minimum Gasteiger partial charge on any atom is -0.497 e. The number of carbonyl (C=O) groups is 1. The second kappa shape index (κ2) is 10.2. The summed E-state index contributed by atoms with van der Waals surface area (Å²) in [6.45, 7) is 5.40. The quantitative estimate of drug-likeness (QED) is 0.567. The zero-order valence-electron chi connectivity index (χ0n) is 16.5. The third-order valence-electron chi connectivity index (χ3n) is 5.06. The predicted octanol–water partition coefficient (Wildman–Crippen LogP) is -0.226. The van der Waals surface area contributed by atoms with Crippen LogP contribution >= 0.6 is 0 Å². The molecule has 0 aliphatic carbocycles. The number of piperazine rings is 1. The van der Waals surface area contributed by atoms with E-state index in [0.29, 0.717) is 6.61 Å². The van der Waals surface area contributed by atoms with Crippen LogP contribution in [0.2, 0.25) is 0 Å². The SMILES string of the molecule is COc1ccc(OCC[NH+]2CC[NH+](CC(=O)Nc3ccc(F)cc3F)CC2)cc1. The number of rotatable bonds is 8. The Morgan fingerprint density at radius 2 is 1.66 bits per heavy atom. The first-order valence-corrected chi connectivity index (χ1v) is 9.72. The molecule has 0 aromatic heterocycles. The minimum absolute atomic E-state index is 0.00995. The molecule has 156 valence electrons. The molecule has 0 atom stereocenters. The molecule has 1 fully saturated rings. The van der Waals surface area contributed by atoms with E-state index in [4.69, 9.17) is 9.47 Å². The molecule has 29 heavy (non-hydrogen) atoms. The molecule has 0 spiro atoms. The summed E-state index contributed by atoms with van der Waals surface area (Å²) in [7, 11) is 1.63. The standard InChI is InChI=1S/C21H25F2N3O3/c1-28-17-3-5-18(6-4-17)29-13-12-25-8-10-26(11-9-25)15-21(27)24-20-7-2-16(22)14-19(20)23/h2-7,14H,8-13,15H2,1H3,(H,24,27)/p+2. The Bertz CT molecular complexity index is 809. The fraction of sp³-hybridized carbons (Fsp3) is 0.381. The first-order chi connectivity index (χ1) is 14.0. The van der Waals surface area contributed by atoms with E-state index in [2.05, 4.69) is 5.32 Å². The van der Waals surface area contributed by atoms with Gasteiger partial charge in [-0.15, -0.1) is 0 Å². The molecule has 0 bridgehead atoms. The van der Waals surface area contributed by atoms with Crippen LogP contribution in [0.15, 0.2) is 42.5 Å². The number of hydrogen-bond donors (Lipinski definition) is 3. The largest absolute Gasteiger partial charge is 0.497 e. The van der Waals surface area contributed by atoms with E-state index in [9.17, 15) is 13.6 Å². The molecule has 3 N–H and O–H groups in total. The van der Waals surface area contributed by atoms with Crippen molar-refractivity contribution >= 4 is 11.6 Å². The van der Waals surface area contributed by atoms with Crippen molar-refractivity contribution in [3.63, 3.8) is 0 Å². The van der Waals surface area contributed by atoms with Gasteiger partial charge in [0.2, 0.25) is 0 Å². The maximum absolute atomic E-state index is 13.6. The molecule has 1 heterocycles. The van der Waals surface area contributed by atoms with Crippen molar-refractivity contribution in [2.45, 2.75) is 0 Å². The fourth-order valence-electron chi connectivity index (χ4n) is 3.38. The van der Waals surface area contributed by atoms with Crippen molar-refractivity contribution in [2.75, 3.05) is 58.3 Å². The molecule has 1 aliphatic rings. The van der Waals surface area contributed by atoms with Gasteiger partial charge in [0.15, 0.2) is 6.54 Å². The highest BCUT2D eigenvalue weighted by Crippen LogP contribution is 2.16. The van der Waals surface area contributed by atoms with Gasteiger partial charge in [-0.25, -0.2) is 8.78 Å². The van der Waals surface area contributed by atoms with Gasteiger partial charge in [0.25, 0.3) is 5.91 Å². The van der Waals surface area contributed by atoms with Crippen molar-refractivity contribution in [1.82, 2.24) is 0 Å². The third kappa shape index (κ3) is 6.40. The average molecular weight is 407 g/mol.